The van der Waals surface area contributed by atoms with E-state index in [1.165, 1.54) is 42.3 Å². The second kappa shape index (κ2) is 48.6. The van der Waals surface area contributed by atoms with Gasteiger partial charge < -0.3 is 30.6 Å². The van der Waals surface area contributed by atoms with Crippen LogP contribution < -0.4 is 13.3 Å². The molecule has 406 valence electrons. The molecule has 9 nitrogen and oxygen atoms in total. The maximum atomic E-state index is 12.0. The van der Waals surface area contributed by atoms with E-state index in [2.05, 4.69) is 70.3 Å². The number of aliphatic hydroxyl groups is 1. The summed E-state index contributed by atoms with van der Waals surface area (Å²) in [6.07, 6.45) is 16.9. The van der Waals surface area contributed by atoms with E-state index in [1.807, 2.05) is 44.2 Å². The van der Waals surface area contributed by atoms with E-state index < -0.39 is 11.4 Å². The monoisotopic (exact) mass is 1820 g/mol. The fourth-order valence-electron chi connectivity index (χ4n) is 6.48. The normalized spacial score (nSPS) is 10.1. The molecule has 6 N–H and O–H groups in total. The number of halogens is 8. The van der Waals surface area contributed by atoms with E-state index in [1.54, 1.807) is 60.7 Å². The molecule has 1 aliphatic carbocycles. The number of phenolic OH excluding ortho intramolecular Hbond substituents is 5. The first-order valence-corrected chi connectivity index (χ1v) is 41.3. The van der Waals surface area contributed by atoms with Gasteiger partial charge in [0.1, 0.15) is 40.4 Å². The molecule has 0 bridgehead atoms. The van der Waals surface area contributed by atoms with Gasteiger partial charge in [0.05, 0.1) is 17.7 Å². The molecule has 5 aromatic rings. The summed E-state index contributed by atoms with van der Waals surface area (Å²) in [5, 5.41) is 59.3. The predicted molar refractivity (Wildman–Crippen MR) is 335 cm³/mol. The molecule has 6 rings (SSSR count). The van der Waals surface area contributed by atoms with Crippen LogP contribution in [0.4, 0.5) is 0 Å². The number of ketones is 2. The molecule has 0 saturated carbocycles. The molecule has 0 unspecified atom stereocenters. The maximum absolute atomic E-state index is 12.0. The van der Waals surface area contributed by atoms with Gasteiger partial charge in [-0.05, 0) is 141 Å². The third-order valence-corrected chi connectivity index (χ3v) is 10.2. The van der Waals surface area contributed by atoms with Crippen LogP contribution >= 0.6 is 103 Å². The Hall–Kier alpha value is -1.05. The second-order valence-electron chi connectivity index (χ2n) is 15.5. The number of allylic oxidation sites excluding steroid dienone is 5. The van der Waals surface area contributed by atoms with Gasteiger partial charge in [-0.1, -0.05) is 64.8 Å². The SMILES string of the molecule is C=C.CCCC(=O)Cl.CCCC(=O)c1ccc(O)c(-c2cc(C(C)=O)ccc2O)c1.CCCCc1ccc(O)c(-c2cc(CCCC)ccc2O)c1.I.I[I-]I.OC1=[C+]C=CC=C1c1ccccc1O.[Cl][Al]([Cl])[Cl].[Hg].[Zn]. The molecule has 0 heterocycles. The molecule has 0 aromatic heterocycles. The van der Waals surface area contributed by atoms with E-state index in [0.29, 0.717) is 59.5 Å². The van der Waals surface area contributed by atoms with Crippen molar-refractivity contribution in [2.24, 2.45) is 0 Å². The molecule has 0 saturated heterocycles. The largest absolute Gasteiger partial charge is 0.643 e. The second-order valence-corrected chi connectivity index (χ2v) is 38.6. The van der Waals surface area contributed by atoms with Crippen molar-refractivity contribution in [1.29, 1.82) is 0 Å². The average Bonchev–Trinajstić information content (AvgIpc) is 3.35. The van der Waals surface area contributed by atoms with Gasteiger partial charge in [0.2, 0.25) is 5.24 Å². The first-order chi connectivity index (χ1) is 34.8. The van der Waals surface area contributed by atoms with Crippen LogP contribution in [0.2, 0.25) is 0 Å². The zero-order chi connectivity index (χ0) is 55.5. The zero-order valence-corrected chi connectivity index (χ0v) is 64.9. The number of hydrogen-bond acceptors (Lipinski definition) is 9. The van der Waals surface area contributed by atoms with Gasteiger partial charge in [-0.3, -0.25) is 14.4 Å². The minimum absolute atomic E-state index is 0. The summed E-state index contributed by atoms with van der Waals surface area (Å²) in [7, 11) is 14.8. The number of carbonyl (C=O) groups excluding carboxylic acids is 3. The summed E-state index contributed by atoms with van der Waals surface area (Å²) in [6, 6.07) is 27.3. The minimum atomic E-state index is -1.72. The van der Waals surface area contributed by atoms with Gasteiger partial charge in [0, 0.05) is 99.4 Å². The Morgan fingerprint density at radius 3 is 1.36 bits per heavy atom. The molecule has 0 spiro atoms. The van der Waals surface area contributed by atoms with Gasteiger partial charge in [0.15, 0.2) is 11.6 Å². The Labute approximate surface area is 552 Å². The Balaban J connectivity index is -0.000000449. The molecule has 0 fully saturated rings. The molecule has 0 atom stereocenters. The van der Waals surface area contributed by atoms with Crippen molar-refractivity contribution in [3.8, 4) is 51.0 Å². The topological polar surface area (TPSA) is 173 Å². The van der Waals surface area contributed by atoms with Crippen LogP contribution in [-0.4, -0.2) is 58.8 Å². The zero-order valence-electron chi connectivity index (χ0n) is 43.4. The molecule has 0 radical (unpaired) electrons. The number of para-hydroxylation sites is 1. The van der Waals surface area contributed by atoms with E-state index in [0.717, 1.165) is 62.5 Å². The van der Waals surface area contributed by atoms with Crippen LogP contribution in [0.15, 0.2) is 134 Å². The molecule has 0 amide bonds. The Bertz CT molecular complexity index is 2530. The summed E-state index contributed by atoms with van der Waals surface area (Å²) in [5.74, 6) is 0.386. The number of aliphatic hydroxyl groups excluding tert-OH is 1. The van der Waals surface area contributed by atoms with Crippen molar-refractivity contribution >= 4 is 137 Å². The first-order valence-electron chi connectivity index (χ1n) is 23.1. The van der Waals surface area contributed by atoms with Crippen LogP contribution in [0.25, 0.3) is 27.8 Å². The number of carbonyl (C=O) groups is 3. The molecule has 0 aliphatic heterocycles. The molecule has 1 aliphatic rings. The molecular formula is C56H65AlCl4HgI4O9Zn. The summed E-state index contributed by atoms with van der Waals surface area (Å²) in [6.45, 7) is 15.6. The summed E-state index contributed by atoms with van der Waals surface area (Å²) in [5.41, 5.74) is 6.63. The van der Waals surface area contributed by atoms with Crippen molar-refractivity contribution in [1.82, 2.24) is 0 Å². The number of rotatable bonds is 15. The molecule has 5 aromatic carbocycles. The quantitative estimate of drug-likeness (QED) is 0.0149. The smallest absolute Gasteiger partial charge is 0.506 e. The number of Topliss-reactive ketones (excluding diaryl/α,β-unsaturated/α-hetero) is 2. The standard InChI is InChI=1S/C20H26O2.C18H18O4.C12H8O2.C4H7ClO.C2H4.Al.3ClH.Hg.I3.HI.Zn/c1-3-5-7-15-9-11-19(21)17(13-15)18-14-16(8-6-4-2)10-12-20(18)22;1-3-4-16(20)13-6-8-18(22)15(10-13)14-9-12(11(2)19)5-7-17(14)21;13-11-7-3-1-5-9(11)10-6-2-4-8-12(10)14;1-2-3-4(5)6;1-2;;;;;;1-3-2;;/h9-14,21-22H,3-8H2,1-2H3;5-10,21-22H,3-4H2,1-2H3;1-7H,(H-,13,14);2-3H2,1H3;1-2H2;;3*1H;;;1H;/q;;;;;+3;;;;;-1;;/p-2. The molecule has 76 heavy (non-hydrogen) atoms. The first kappa shape index (κ1) is 81.4. The van der Waals surface area contributed by atoms with Crippen LogP contribution in [-0.2, 0) is 64.8 Å². The number of phenols is 5. The summed E-state index contributed by atoms with van der Waals surface area (Å²) >= 11 is 8.52. The van der Waals surface area contributed by atoms with Gasteiger partial charge in [-0.15, -0.1) is 37.1 Å². The van der Waals surface area contributed by atoms with Gasteiger partial charge in [-0.2, -0.15) is 0 Å². The third-order valence-electron chi connectivity index (χ3n) is 10.0. The Morgan fingerprint density at radius 2 is 0.987 bits per heavy atom. The van der Waals surface area contributed by atoms with Gasteiger partial charge >= 0.3 is 61.9 Å². The van der Waals surface area contributed by atoms with Gasteiger partial charge in [0.25, 0.3) is 5.76 Å². The van der Waals surface area contributed by atoms with E-state index in [4.69, 9.17) is 41.7 Å². The van der Waals surface area contributed by atoms with Crippen LogP contribution in [0.1, 0.15) is 123 Å². The minimum Gasteiger partial charge on any atom is -0.506 e. The van der Waals surface area contributed by atoms with E-state index in [-0.39, 0.29) is 122 Å². The average molecular weight is 1820 g/mol. The third kappa shape index (κ3) is 33.0. The number of benzene rings is 5. The Kier molecular flexibility index (Phi) is 52.1. The Morgan fingerprint density at radius 1 is 0.605 bits per heavy atom. The van der Waals surface area contributed by atoms with Crippen molar-refractivity contribution in [2.75, 3.05) is 0 Å². The van der Waals surface area contributed by atoms with Crippen molar-refractivity contribution < 1.29 is 105 Å². The van der Waals surface area contributed by atoms with E-state index >= 15 is 0 Å². The summed E-state index contributed by atoms with van der Waals surface area (Å²) < 4.78 is 0. The fraction of sp³-hybridized carbons (Fsp3) is 0.268. The number of aryl methyl sites for hydroxylation is 2. The van der Waals surface area contributed by atoms with Crippen molar-refractivity contribution in [3.05, 3.63) is 168 Å². The maximum Gasteiger partial charge on any atom is 0.643 e. The molecule has 20 heteroatoms. The molecular weight excluding hydrogens is 1760 g/mol. The van der Waals surface area contributed by atoms with Crippen LogP contribution in [0.5, 0.6) is 28.7 Å². The predicted octanol–water partition coefficient (Wildman–Crippen LogP) is 15.4. The summed E-state index contributed by atoms with van der Waals surface area (Å²) in [4.78, 5) is 33.3. The van der Waals surface area contributed by atoms with Gasteiger partial charge in [-0.25, -0.2) is 30.1 Å². The number of hydrogen-bond donors (Lipinski definition) is 6. The van der Waals surface area contributed by atoms with Crippen molar-refractivity contribution in [2.45, 2.75) is 98.8 Å². The van der Waals surface area contributed by atoms with Crippen LogP contribution in [0.3, 0.4) is 0 Å². The van der Waals surface area contributed by atoms with E-state index in [9.17, 15) is 45.0 Å². The fourth-order valence-corrected chi connectivity index (χ4v) is 6.67. The number of aromatic hydroxyl groups is 5. The van der Waals surface area contributed by atoms with Crippen LogP contribution in [0, 0.1) is 6.08 Å². The number of unbranched alkanes of at least 4 members (excludes halogenated alkanes) is 2. The van der Waals surface area contributed by atoms with Crippen molar-refractivity contribution in [3.63, 3.8) is 0 Å².